The molecule has 0 aliphatic carbocycles. The zero-order valence-electron chi connectivity index (χ0n) is 8.79. The van der Waals surface area contributed by atoms with Gasteiger partial charge < -0.3 is 10.6 Å². The molecule has 0 fully saturated rings. The molecule has 0 bridgehead atoms. The molecule has 0 atom stereocenters. The molecule has 0 unspecified atom stereocenters. The van der Waals surface area contributed by atoms with E-state index in [1.165, 1.54) is 0 Å². The summed E-state index contributed by atoms with van der Waals surface area (Å²) in [6.45, 7) is 4.99. The predicted molar refractivity (Wildman–Crippen MR) is 62.5 cm³/mol. The molecule has 1 aromatic rings. The fourth-order valence-corrected chi connectivity index (χ4v) is 1.24. The van der Waals surface area contributed by atoms with Gasteiger partial charge in [0.15, 0.2) is 5.11 Å². The minimum Gasteiger partial charge on any atom is -0.362 e. The number of rotatable bonds is 3. The first-order valence-electron chi connectivity index (χ1n) is 4.68. The van der Waals surface area contributed by atoms with E-state index in [4.69, 9.17) is 12.2 Å². The van der Waals surface area contributed by atoms with Gasteiger partial charge in [0.05, 0.1) is 17.6 Å². The number of hydrogen-bond donors (Lipinski definition) is 2. The van der Waals surface area contributed by atoms with Gasteiger partial charge in [0.25, 0.3) is 0 Å². The fraction of sp³-hybridized carbons (Fsp3) is 0.556. The van der Waals surface area contributed by atoms with Gasteiger partial charge in [-0.2, -0.15) is 5.10 Å². The number of hydrogen-bond acceptors (Lipinski definition) is 2. The molecule has 1 heterocycles. The van der Waals surface area contributed by atoms with E-state index < -0.39 is 0 Å². The Bertz CT molecular complexity index is 319. The Balaban J connectivity index is 2.52. The zero-order chi connectivity index (χ0) is 10.6. The van der Waals surface area contributed by atoms with Crippen LogP contribution >= 0.6 is 12.2 Å². The van der Waals surface area contributed by atoms with Crippen LogP contribution in [0.15, 0.2) is 6.20 Å². The summed E-state index contributed by atoms with van der Waals surface area (Å²) in [4.78, 5) is 0. The smallest absolute Gasteiger partial charge is 0.170 e. The minimum atomic E-state index is 0.656. The fourth-order valence-electron chi connectivity index (χ4n) is 1.03. The third-order valence-corrected chi connectivity index (χ3v) is 2.27. The van der Waals surface area contributed by atoms with Crippen LogP contribution in [0.4, 0.5) is 5.69 Å². The van der Waals surface area contributed by atoms with Crippen molar-refractivity contribution in [1.82, 2.24) is 15.1 Å². The predicted octanol–water partition coefficient (Wildman–Crippen LogP) is 1.42. The standard InChI is InChI=1S/C9H16N4S/c1-4-5-10-9(14)12-8-6-11-13(3)7(8)2/h6H,4-5H2,1-3H3,(H2,10,12,14). The maximum atomic E-state index is 5.11. The van der Waals surface area contributed by atoms with Crippen LogP contribution in [0.1, 0.15) is 19.0 Å². The molecule has 2 N–H and O–H groups in total. The van der Waals surface area contributed by atoms with Crippen LogP contribution in [0.3, 0.4) is 0 Å². The average molecular weight is 212 g/mol. The first-order valence-corrected chi connectivity index (χ1v) is 5.09. The lowest BCUT2D eigenvalue weighted by atomic mass is 10.4. The summed E-state index contributed by atoms with van der Waals surface area (Å²) < 4.78 is 1.81. The summed E-state index contributed by atoms with van der Waals surface area (Å²) in [6, 6.07) is 0. The maximum absolute atomic E-state index is 5.11. The Hall–Kier alpha value is -1.10. The van der Waals surface area contributed by atoms with E-state index in [0.29, 0.717) is 5.11 Å². The number of aromatic nitrogens is 2. The van der Waals surface area contributed by atoms with Crippen molar-refractivity contribution < 1.29 is 0 Å². The molecule has 1 aromatic heterocycles. The van der Waals surface area contributed by atoms with Gasteiger partial charge in [0, 0.05) is 13.6 Å². The summed E-state index contributed by atoms with van der Waals surface area (Å²) in [6.07, 6.45) is 2.84. The highest BCUT2D eigenvalue weighted by Gasteiger charge is 2.04. The van der Waals surface area contributed by atoms with Crippen molar-refractivity contribution in [2.45, 2.75) is 20.3 Å². The third kappa shape index (κ3) is 2.70. The van der Waals surface area contributed by atoms with Crippen molar-refractivity contribution in [3.63, 3.8) is 0 Å². The van der Waals surface area contributed by atoms with Crippen LogP contribution in [0, 0.1) is 6.92 Å². The van der Waals surface area contributed by atoms with E-state index in [2.05, 4.69) is 22.7 Å². The first kappa shape index (κ1) is 11.0. The highest BCUT2D eigenvalue weighted by atomic mass is 32.1. The summed E-state index contributed by atoms with van der Waals surface area (Å²) in [5, 5.41) is 11.0. The number of anilines is 1. The van der Waals surface area contributed by atoms with E-state index in [0.717, 1.165) is 24.3 Å². The number of aryl methyl sites for hydroxylation is 1. The summed E-state index contributed by atoms with van der Waals surface area (Å²) in [7, 11) is 1.91. The number of thiocarbonyl (C=S) groups is 1. The molecule has 0 saturated carbocycles. The highest BCUT2D eigenvalue weighted by Crippen LogP contribution is 2.11. The molecule has 4 nitrogen and oxygen atoms in total. The Kier molecular flexibility index (Phi) is 3.88. The maximum Gasteiger partial charge on any atom is 0.170 e. The lowest BCUT2D eigenvalue weighted by Gasteiger charge is -2.08. The Labute approximate surface area is 89.7 Å². The van der Waals surface area contributed by atoms with Gasteiger partial charge in [-0.15, -0.1) is 0 Å². The molecule has 0 amide bonds. The van der Waals surface area contributed by atoms with Crippen LogP contribution in [0.25, 0.3) is 0 Å². The van der Waals surface area contributed by atoms with Crippen molar-refractivity contribution in [2.75, 3.05) is 11.9 Å². The molecule has 0 saturated heterocycles. The van der Waals surface area contributed by atoms with Gasteiger partial charge in [-0.05, 0) is 25.6 Å². The molecule has 1 rings (SSSR count). The molecule has 0 radical (unpaired) electrons. The van der Waals surface area contributed by atoms with E-state index in [1.54, 1.807) is 6.20 Å². The number of nitrogens with one attached hydrogen (secondary N) is 2. The van der Waals surface area contributed by atoms with E-state index in [1.807, 2.05) is 18.7 Å². The largest absolute Gasteiger partial charge is 0.362 e. The van der Waals surface area contributed by atoms with Crippen LogP contribution in [0.5, 0.6) is 0 Å². The lowest BCUT2D eigenvalue weighted by Crippen LogP contribution is -2.29. The van der Waals surface area contributed by atoms with Gasteiger partial charge in [0.2, 0.25) is 0 Å². The van der Waals surface area contributed by atoms with Gasteiger partial charge in [0.1, 0.15) is 0 Å². The normalized spacial score (nSPS) is 9.93. The van der Waals surface area contributed by atoms with E-state index in [9.17, 15) is 0 Å². The van der Waals surface area contributed by atoms with Crippen molar-refractivity contribution in [3.8, 4) is 0 Å². The second-order valence-electron chi connectivity index (χ2n) is 3.15. The van der Waals surface area contributed by atoms with Crippen LogP contribution in [0.2, 0.25) is 0 Å². The monoisotopic (exact) mass is 212 g/mol. The molecular formula is C9H16N4S. The van der Waals surface area contributed by atoms with Crippen molar-refractivity contribution in [3.05, 3.63) is 11.9 Å². The molecule has 5 heteroatoms. The SMILES string of the molecule is CCCNC(=S)Nc1cnn(C)c1C. The lowest BCUT2D eigenvalue weighted by molar-refractivity contribution is 0.740. The van der Waals surface area contributed by atoms with Gasteiger partial charge in [-0.1, -0.05) is 6.92 Å². The summed E-state index contributed by atoms with van der Waals surface area (Å²) in [5.74, 6) is 0. The Morgan fingerprint density at radius 1 is 1.64 bits per heavy atom. The summed E-state index contributed by atoms with van der Waals surface area (Å²) >= 11 is 5.11. The van der Waals surface area contributed by atoms with Crippen LogP contribution in [-0.4, -0.2) is 21.4 Å². The molecule has 78 valence electrons. The highest BCUT2D eigenvalue weighted by molar-refractivity contribution is 7.80. The molecular weight excluding hydrogens is 196 g/mol. The van der Waals surface area contributed by atoms with Crippen molar-refractivity contribution in [2.24, 2.45) is 7.05 Å². The van der Waals surface area contributed by atoms with Crippen LogP contribution < -0.4 is 10.6 Å². The second kappa shape index (κ2) is 4.95. The second-order valence-corrected chi connectivity index (χ2v) is 3.56. The third-order valence-electron chi connectivity index (χ3n) is 2.02. The Morgan fingerprint density at radius 2 is 2.36 bits per heavy atom. The van der Waals surface area contributed by atoms with Crippen molar-refractivity contribution in [1.29, 1.82) is 0 Å². The quantitative estimate of drug-likeness (QED) is 0.744. The zero-order valence-corrected chi connectivity index (χ0v) is 9.61. The molecule has 14 heavy (non-hydrogen) atoms. The minimum absolute atomic E-state index is 0.656. The van der Waals surface area contributed by atoms with Crippen molar-refractivity contribution >= 4 is 23.0 Å². The van der Waals surface area contributed by atoms with E-state index in [-0.39, 0.29) is 0 Å². The molecule has 0 aliphatic rings. The molecule has 0 spiro atoms. The average Bonchev–Trinajstić information content (AvgIpc) is 2.46. The first-order chi connectivity index (χ1) is 6.65. The number of nitrogens with zero attached hydrogens (tertiary/aromatic N) is 2. The van der Waals surface area contributed by atoms with Gasteiger partial charge in [-0.3, -0.25) is 4.68 Å². The van der Waals surface area contributed by atoms with E-state index >= 15 is 0 Å². The van der Waals surface area contributed by atoms with Crippen LogP contribution in [-0.2, 0) is 7.05 Å². The molecule has 0 aromatic carbocycles. The summed E-state index contributed by atoms with van der Waals surface area (Å²) in [5.41, 5.74) is 2.03. The Morgan fingerprint density at radius 3 is 2.86 bits per heavy atom. The van der Waals surface area contributed by atoms with Gasteiger partial charge >= 0.3 is 0 Å². The van der Waals surface area contributed by atoms with Gasteiger partial charge in [-0.25, -0.2) is 0 Å². The molecule has 0 aliphatic heterocycles. The topological polar surface area (TPSA) is 41.9 Å².